The Morgan fingerprint density at radius 3 is 2.43 bits per heavy atom. The minimum absolute atomic E-state index is 0.247. The zero-order valence-electron chi connectivity index (χ0n) is 24.7. The smallest absolute Gasteiger partial charge is 0.338 e. The van der Waals surface area contributed by atoms with Crippen LogP contribution in [0.4, 0.5) is 5.69 Å². The predicted octanol–water partition coefficient (Wildman–Crippen LogP) is 5.16. The lowest BCUT2D eigenvalue weighted by atomic mass is 9.95. The number of aromatic nitrogens is 1. The third-order valence-electron chi connectivity index (χ3n) is 7.50. The number of anilines is 1. The Morgan fingerprint density at radius 1 is 1.02 bits per heavy atom. The fourth-order valence-corrected chi connectivity index (χ4v) is 6.92. The highest BCUT2D eigenvalue weighted by Gasteiger charge is 2.37. The second-order valence-corrected chi connectivity index (χ2v) is 12.1. The van der Waals surface area contributed by atoms with E-state index >= 15 is 0 Å². The third kappa shape index (κ3) is 5.16. The van der Waals surface area contributed by atoms with Gasteiger partial charge >= 0.3 is 5.97 Å². The summed E-state index contributed by atoms with van der Waals surface area (Å²) >= 11 is 7.59. The van der Waals surface area contributed by atoms with Gasteiger partial charge in [-0.15, -0.1) is 0 Å². The number of esters is 1. The molecular weight excluding hydrogens is 598 g/mol. The van der Waals surface area contributed by atoms with Crippen LogP contribution in [0.25, 0.3) is 5.57 Å². The Labute approximate surface area is 263 Å². The first-order valence-electron chi connectivity index (χ1n) is 14.3. The average Bonchev–Trinajstić information content (AvgIpc) is 3.45. The summed E-state index contributed by atoms with van der Waals surface area (Å²) in [6.07, 6.45) is -0.368. The Hall–Kier alpha value is -4.47. The van der Waals surface area contributed by atoms with E-state index in [2.05, 4.69) is 0 Å². The molecule has 0 N–H and O–H groups in total. The summed E-state index contributed by atoms with van der Waals surface area (Å²) < 4.78 is 13.0. The van der Waals surface area contributed by atoms with E-state index in [1.54, 1.807) is 43.9 Å². The Balaban J connectivity index is 1.55. The molecule has 3 aromatic carbocycles. The summed E-state index contributed by atoms with van der Waals surface area (Å²) in [5.74, 6) is -0.180. The molecule has 2 aliphatic rings. The van der Waals surface area contributed by atoms with Crippen LogP contribution < -0.4 is 24.5 Å². The monoisotopic (exact) mass is 627 g/mol. The van der Waals surface area contributed by atoms with Crippen molar-refractivity contribution in [2.24, 2.45) is 4.99 Å². The van der Waals surface area contributed by atoms with Crippen molar-refractivity contribution in [3.05, 3.63) is 125 Å². The first kappa shape index (κ1) is 29.6. The van der Waals surface area contributed by atoms with Crippen molar-refractivity contribution in [2.75, 3.05) is 11.5 Å². The van der Waals surface area contributed by atoms with Gasteiger partial charge in [-0.3, -0.25) is 14.2 Å². The predicted molar refractivity (Wildman–Crippen MR) is 171 cm³/mol. The van der Waals surface area contributed by atoms with Crippen molar-refractivity contribution in [3.8, 4) is 5.75 Å². The summed E-state index contributed by atoms with van der Waals surface area (Å²) in [6.45, 7) is 7.93. The topological polar surface area (TPSA) is 90.2 Å². The van der Waals surface area contributed by atoms with Gasteiger partial charge < -0.3 is 14.4 Å². The number of rotatable bonds is 7. The molecule has 3 heterocycles. The number of allylic oxidation sites excluding steroid dienone is 1. The third-order valence-corrected chi connectivity index (χ3v) is 8.93. The van der Waals surface area contributed by atoms with Crippen LogP contribution in [0.2, 0.25) is 5.02 Å². The van der Waals surface area contributed by atoms with Gasteiger partial charge in [0.25, 0.3) is 11.5 Å². The van der Waals surface area contributed by atoms with E-state index in [1.165, 1.54) is 4.57 Å². The van der Waals surface area contributed by atoms with E-state index in [9.17, 15) is 14.4 Å². The number of hydrogen-bond acceptors (Lipinski definition) is 7. The maximum atomic E-state index is 14.4. The van der Waals surface area contributed by atoms with Gasteiger partial charge in [0, 0.05) is 10.6 Å². The van der Waals surface area contributed by atoms with Crippen molar-refractivity contribution in [1.29, 1.82) is 0 Å². The van der Waals surface area contributed by atoms with E-state index in [4.69, 9.17) is 26.1 Å². The van der Waals surface area contributed by atoms with Gasteiger partial charge in [-0.25, -0.2) is 9.79 Å². The largest absolute Gasteiger partial charge is 0.494 e. The minimum atomic E-state index is -0.812. The second-order valence-electron chi connectivity index (χ2n) is 10.7. The fraction of sp³-hybridized carbons (Fsp3) is 0.235. The van der Waals surface area contributed by atoms with Crippen LogP contribution in [0, 0.1) is 0 Å². The van der Waals surface area contributed by atoms with Crippen molar-refractivity contribution in [1.82, 2.24) is 4.57 Å². The van der Waals surface area contributed by atoms with E-state index < -0.39 is 17.6 Å². The number of carbonyl (C=O) groups excluding carboxylic acids is 2. The standard InChI is InChI=1S/C34H30ClN3O5S/c1-5-42-23-16-14-21(15-17-23)29-27(33(41)43-19(2)3)20(4)36-34-38(29)32(40)30(44-34)28-24-11-7-9-13-26(24)37(31(28)39)18-22-10-6-8-12-25(22)35/h6-17,19,29H,5,18H2,1-4H3/b30-28-/t29-/m1/s1. The van der Waals surface area contributed by atoms with Crippen LogP contribution in [-0.4, -0.2) is 29.2 Å². The molecule has 1 aromatic heterocycles. The average molecular weight is 628 g/mol. The molecule has 224 valence electrons. The maximum Gasteiger partial charge on any atom is 0.338 e. The highest BCUT2D eigenvalue weighted by atomic mass is 35.5. The molecule has 0 aliphatic carbocycles. The van der Waals surface area contributed by atoms with Crippen molar-refractivity contribution in [3.63, 3.8) is 0 Å². The molecule has 0 spiro atoms. The summed E-state index contributed by atoms with van der Waals surface area (Å²) in [5, 5.41) is 0.553. The molecule has 4 aromatic rings. The van der Waals surface area contributed by atoms with Crippen LogP contribution >= 0.6 is 22.9 Å². The molecule has 0 saturated heterocycles. The van der Waals surface area contributed by atoms with Gasteiger partial charge in [-0.2, -0.15) is 0 Å². The van der Waals surface area contributed by atoms with E-state index in [1.807, 2.05) is 61.5 Å². The second kappa shape index (κ2) is 11.9. The minimum Gasteiger partial charge on any atom is -0.494 e. The molecule has 1 atom stereocenters. The molecule has 0 bridgehead atoms. The summed E-state index contributed by atoms with van der Waals surface area (Å²) in [6, 6.07) is 21.2. The number of ether oxygens (including phenoxy) is 2. The first-order chi connectivity index (χ1) is 21.2. The van der Waals surface area contributed by atoms with Gasteiger partial charge in [0.2, 0.25) is 0 Å². The van der Waals surface area contributed by atoms with Gasteiger partial charge in [0.1, 0.15) is 10.3 Å². The fourth-order valence-electron chi connectivity index (χ4n) is 5.59. The number of amides is 1. The molecule has 6 rings (SSSR count). The number of carbonyl (C=O) groups is 2. The van der Waals surface area contributed by atoms with Crippen LogP contribution in [0.3, 0.4) is 0 Å². The first-order valence-corrected chi connectivity index (χ1v) is 15.5. The normalized spacial score (nSPS) is 17.0. The van der Waals surface area contributed by atoms with Crippen molar-refractivity contribution < 1.29 is 19.1 Å². The SMILES string of the molecule is CCOc1ccc([C@@H]2C(C(=O)OC(C)C)=C(C)N=c3s/c(=C4\C(=O)N(Cc5ccccc5Cl)c5ccccc54)c(=O)n32)cc1. The Kier molecular flexibility index (Phi) is 8.00. The Morgan fingerprint density at radius 2 is 1.73 bits per heavy atom. The molecule has 10 heteroatoms. The van der Waals surface area contributed by atoms with Crippen molar-refractivity contribution in [2.45, 2.75) is 46.4 Å². The molecule has 0 saturated carbocycles. The quantitative estimate of drug-likeness (QED) is 0.264. The summed E-state index contributed by atoms with van der Waals surface area (Å²) in [7, 11) is 0. The lowest BCUT2D eigenvalue weighted by molar-refractivity contribution is -0.143. The Bertz CT molecular complexity index is 2010. The summed E-state index contributed by atoms with van der Waals surface area (Å²) in [4.78, 5) is 48.7. The van der Waals surface area contributed by atoms with Gasteiger partial charge in [0.05, 0.1) is 47.8 Å². The lowest BCUT2D eigenvalue weighted by Gasteiger charge is -2.25. The number of halogens is 1. The molecule has 44 heavy (non-hydrogen) atoms. The summed E-state index contributed by atoms with van der Waals surface area (Å²) in [5.41, 5.74) is 3.44. The zero-order valence-corrected chi connectivity index (χ0v) is 26.2. The lowest BCUT2D eigenvalue weighted by Crippen LogP contribution is -2.41. The molecule has 0 fully saturated rings. The van der Waals surface area contributed by atoms with E-state index in [-0.39, 0.29) is 28.7 Å². The van der Waals surface area contributed by atoms with Crippen LogP contribution in [0.15, 0.2) is 93.9 Å². The van der Waals surface area contributed by atoms with Crippen molar-refractivity contribution >= 4 is 46.1 Å². The number of thiazole rings is 1. The highest BCUT2D eigenvalue weighted by molar-refractivity contribution is 7.07. The molecule has 0 unspecified atom stereocenters. The number of fused-ring (bicyclic) bond motifs is 2. The van der Waals surface area contributed by atoms with Gasteiger partial charge in [-0.1, -0.05) is 71.5 Å². The van der Waals surface area contributed by atoms with Crippen LogP contribution in [0.5, 0.6) is 5.75 Å². The maximum absolute atomic E-state index is 14.4. The number of benzene rings is 3. The molecule has 0 radical (unpaired) electrons. The van der Waals surface area contributed by atoms with E-state index in [0.717, 1.165) is 16.9 Å². The molecule has 2 aliphatic heterocycles. The molecular formula is C34H30ClN3O5S. The molecule has 1 amide bonds. The van der Waals surface area contributed by atoms with Crippen LogP contribution in [0.1, 0.15) is 50.4 Å². The van der Waals surface area contributed by atoms with Gasteiger partial charge in [0.15, 0.2) is 4.80 Å². The number of para-hydroxylation sites is 1. The number of nitrogens with zero attached hydrogens (tertiary/aromatic N) is 3. The van der Waals surface area contributed by atoms with Gasteiger partial charge in [-0.05, 0) is 63.1 Å². The van der Waals surface area contributed by atoms with Crippen LogP contribution in [-0.2, 0) is 20.9 Å². The van der Waals surface area contributed by atoms with E-state index in [0.29, 0.717) is 50.3 Å². The molecule has 8 nitrogen and oxygen atoms in total. The zero-order chi connectivity index (χ0) is 31.1. The highest BCUT2D eigenvalue weighted by Crippen LogP contribution is 2.37. The number of hydrogen-bond donors (Lipinski definition) is 0.